The highest BCUT2D eigenvalue weighted by Gasteiger charge is 2.22. The van der Waals surface area contributed by atoms with Gasteiger partial charge in [-0.25, -0.2) is 0 Å². The summed E-state index contributed by atoms with van der Waals surface area (Å²) in [7, 11) is 0. The molecule has 0 saturated heterocycles. The molecule has 1 aliphatic rings. The summed E-state index contributed by atoms with van der Waals surface area (Å²) in [6, 6.07) is 14.3. The number of ketones is 1. The van der Waals surface area contributed by atoms with Crippen LogP contribution in [-0.2, 0) is 6.42 Å². The standard InChI is InChI=1S/C25H31NO3/c1-2-3-4-5-19-6-10-21(11-7-19)22-12-14-23(15-13-22)25(27)18-20-8-16-24(17-9-20)26(28)29/h8-9,12-17,19,21H,2-7,10-11,18H2,1H3/t19-,21-. The third-order valence-electron chi connectivity index (χ3n) is 6.28. The fourth-order valence-electron chi connectivity index (χ4n) is 4.43. The summed E-state index contributed by atoms with van der Waals surface area (Å²) in [4.78, 5) is 22.9. The van der Waals surface area contributed by atoms with Gasteiger partial charge in [-0.2, -0.15) is 0 Å². The summed E-state index contributed by atoms with van der Waals surface area (Å²) in [5.41, 5.74) is 2.90. The summed E-state index contributed by atoms with van der Waals surface area (Å²) in [5.74, 6) is 1.57. The van der Waals surface area contributed by atoms with Crippen molar-refractivity contribution in [3.63, 3.8) is 0 Å². The molecule has 0 radical (unpaired) electrons. The van der Waals surface area contributed by atoms with Gasteiger partial charge in [-0.1, -0.05) is 69.0 Å². The summed E-state index contributed by atoms with van der Waals surface area (Å²) in [5, 5.41) is 10.7. The second-order valence-electron chi connectivity index (χ2n) is 8.36. The van der Waals surface area contributed by atoms with Crippen molar-refractivity contribution in [3.8, 4) is 0 Å². The van der Waals surface area contributed by atoms with Crippen LogP contribution in [-0.4, -0.2) is 10.7 Å². The number of benzene rings is 2. The Balaban J connectivity index is 1.52. The molecule has 1 saturated carbocycles. The Bertz CT molecular complexity index is 803. The number of hydrogen-bond donors (Lipinski definition) is 0. The first-order valence-electron chi connectivity index (χ1n) is 10.9. The highest BCUT2D eigenvalue weighted by atomic mass is 16.6. The minimum atomic E-state index is -0.428. The van der Waals surface area contributed by atoms with Crippen LogP contribution < -0.4 is 0 Å². The van der Waals surface area contributed by atoms with Gasteiger partial charge in [0.1, 0.15) is 0 Å². The smallest absolute Gasteiger partial charge is 0.269 e. The van der Waals surface area contributed by atoms with Crippen LogP contribution in [0.3, 0.4) is 0 Å². The molecule has 0 heterocycles. The van der Waals surface area contributed by atoms with Gasteiger partial charge < -0.3 is 0 Å². The zero-order valence-electron chi connectivity index (χ0n) is 17.3. The van der Waals surface area contributed by atoms with E-state index in [1.54, 1.807) is 12.1 Å². The van der Waals surface area contributed by atoms with E-state index < -0.39 is 4.92 Å². The van der Waals surface area contributed by atoms with Crippen molar-refractivity contribution in [2.24, 2.45) is 5.92 Å². The normalized spacial score (nSPS) is 19.1. The van der Waals surface area contributed by atoms with Crippen molar-refractivity contribution in [2.45, 2.75) is 70.6 Å². The maximum Gasteiger partial charge on any atom is 0.269 e. The zero-order chi connectivity index (χ0) is 20.6. The quantitative estimate of drug-likeness (QED) is 0.202. The average Bonchev–Trinajstić information content (AvgIpc) is 2.75. The van der Waals surface area contributed by atoms with E-state index in [4.69, 9.17) is 0 Å². The lowest BCUT2D eigenvalue weighted by Crippen LogP contribution is -2.13. The average molecular weight is 394 g/mol. The second-order valence-corrected chi connectivity index (χ2v) is 8.36. The summed E-state index contributed by atoms with van der Waals surface area (Å²) >= 11 is 0. The zero-order valence-corrected chi connectivity index (χ0v) is 17.3. The third kappa shape index (κ3) is 5.99. The molecule has 1 aliphatic carbocycles. The van der Waals surface area contributed by atoms with Gasteiger partial charge in [0.2, 0.25) is 0 Å². The second kappa shape index (κ2) is 10.3. The lowest BCUT2D eigenvalue weighted by Gasteiger charge is -2.29. The minimum absolute atomic E-state index is 0.0463. The number of hydrogen-bond acceptors (Lipinski definition) is 3. The number of Topliss-reactive ketones (excluding diaryl/α,β-unsaturated/α-hetero) is 1. The fourth-order valence-corrected chi connectivity index (χ4v) is 4.43. The van der Waals surface area contributed by atoms with Crippen LogP contribution in [0.25, 0.3) is 0 Å². The third-order valence-corrected chi connectivity index (χ3v) is 6.28. The van der Waals surface area contributed by atoms with Gasteiger partial charge in [-0.05, 0) is 48.6 Å². The van der Waals surface area contributed by atoms with Gasteiger partial charge >= 0.3 is 0 Å². The van der Waals surface area contributed by atoms with E-state index >= 15 is 0 Å². The summed E-state index contributed by atoms with van der Waals surface area (Å²) < 4.78 is 0. The van der Waals surface area contributed by atoms with Crippen LogP contribution in [0.4, 0.5) is 5.69 Å². The predicted octanol–water partition coefficient (Wildman–Crippen LogP) is 6.87. The molecular weight excluding hydrogens is 362 g/mol. The Morgan fingerprint density at radius 3 is 2.21 bits per heavy atom. The molecule has 0 amide bonds. The molecule has 29 heavy (non-hydrogen) atoms. The number of nitro groups is 1. The number of nitrogens with zero attached hydrogens (tertiary/aromatic N) is 1. The van der Waals surface area contributed by atoms with Crippen LogP contribution in [0.2, 0.25) is 0 Å². The fraction of sp³-hybridized carbons (Fsp3) is 0.480. The van der Waals surface area contributed by atoms with Crippen molar-refractivity contribution in [2.75, 3.05) is 0 Å². The van der Waals surface area contributed by atoms with E-state index in [-0.39, 0.29) is 17.9 Å². The number of carbonyl (C=O) groups excluding carboxylic acids is 1. The monoisotopic (exact) mass is 393 g/mol. The molecule has 4 heteroatoms. The largest absolute Gasteiger partial charge is 0.294 e. The van der Waals surface area contributed by atoms with Crippen LogP contribution in [0, 0.1) is 16.0 Å². The van der Waals surface area contributed by atoms with Gasteiger partial charge in [-0.3, -0.25) is 14.9 Å². The molecule has 0 N–H and O–H groups in total. The first kappa shape index (κ1) is 21.2. The van der Waals surface area contributed by atoms with Crippen LogP contribution >= 0.6 is 0 Å². The predicted molar refractivity (Wildman–Crippen MR) is 116 cm³/mol. The van der Waals surface area contributed by atoms with Crippen molar-refractivity contribution in [1.29, 1.82) is 0 Å². The molecule has 0 bridgehead atoms. The summed E-state index contributed by atoms with van der Waals surface area (Å²) in [6.07, 6.45) is 10.8. The number of carbonyl (C=O) groups is 1. The van der Waals surface area contributed by atoms with Gasteiger partial charge in [0.25, 0.3) is 5.69 Å². The highest BCUT2D eigenvalue weighted by molar-refractivity contribution is 5.97. The number of non-ortho nitro benzene ring substituents is 1. The molecule has 0 atom stereocenters. The van der Waals surface area contributed by atoms with Crippen LogP contribution in [0.15, 0.2) is 48.5 Å². The summed E-state index contributed by atoms with van der Waals surface area (Å²) in [6.45, 7) is 2.26. The van der Waals surface area contributed by atoms with Crippen molar-refractivity contribution >= 4 is 11.5 Å². The topological polar surface area (TPSA) is 60.2 Å². The molecule has 0 spiro atoms. The molecular formula is C25H31NO3. The maximum atomic E-state index is 12.6. The molecule has 4 nitrogen and oxygen atoms in total. The van der Waals surface area contributed by atoms with Gasteiger partial charge in [0.15, 0.2) is 5.78 Å². The lowest BCUT2D eigenvalue weighted by atomic mass is 9.77. The van der Waals surface area contributed by atoms with Crippen molar-refractivity contribution in [3.05, 3.63) is 75.3 Å². The molecule has 1 fully saturated rings. The van der Waals surface area contributed by atoms with Gasteiger partial charge in [-0.15, -0.1) is 0 Å². The van der Waals surface area contributed by atoms with E-state index in [1.165, 1.54) is 69.1 Å². The first-order chi connectivity index (χ1) is 14.1. The first-order valence-corrected chi connectivity index (χ1v) is 10.9. The minimum Gasteiger partial charge on any atom is -0.294 e. The number of nitro benzene ring substituents is 1. The Hall–Kier alpha value is -2.49. The Kier molecular flexibility index (Phi) is 7.56. The molecule has 0 aliphatic heterocycles. The highest BCUT2D eigenvalue weighted by Crippen LogP contribution is 2.37. The molecule has 2 aromatic carbocycles. The molecule has 3 rings (SSSR count). The van der Waals surface area contributed by atoms with Crippen LogP contribution in [0.5, 0.6) is 0 Å². The van der Waals surface area contributed by atoms with Crippen LogP contribution in [0.1, 0.15) is 85.7 Å². The molecule has 2 aromatic rings. The van der Waals surface area contributed by atoms with E-state index in [2.05, 4.69) is 19.1 Å². The van der Waals surface area contributed by atoms with Gasteiger partial charge in [0, 0.05) is 24.1 Å². The van der Waals surface area contributed by atoms with Gasteiger partial charge in [0.05, 0.1) is 4.92 Å². The molecule has 0 aromatic heterocycles. The van der Waals surface area contributed by atoms with E-state index in [1.807, 2.05) is 12.1 Å². The number of rotatable bonds is 9. The lowest BCUT2D eigenvalue weighted by molar-refractivity contribution is -0.384. The van der Waals surface area contributed by atoms with E-state index in [0.717, 1.165) is 11.5 Å². The SMILES string of the molecule is CCCCC[C@H]1CC[C@H](c2ccc(C(=O)Cc3ccc([N+](=O)[O-])cc3)cc2)CC1. The van der Waals surface area contributed by atoms with E-state index in [0.29, 0.717) is 11.5 Å². The maximum absolute atomic E-state index is 12.6. The molecule has 0 unspecified atom stereocenters. The Morgan fingerprint density at radius 1 is 0.966 bits per heavy atom. The van der Waals surface area contributed by atoms with Crippen molar-refractivity contribution < 1.29 is 9.72 Å². The molecule has 154 valence electrons. The Labute approximate surface area is 173 Å². The Morgan fingerprint density at radius 2 is 1.62 bits per heavy atom. The van der Waals surface area contributed by atoms with Crippen molar-refractivity contribution in [1.82, 2.24) is 0 Å². The number of unbranched alkanes of at least 4 members (excludes halogenated alkanes) is 2. The van der Waals surface area contributed by atoms with E-state index in [9.17, 15) is 14.9 Å².